The molecule has 2 aromatic carbocycles. The van der Waals surface area contributed by atoms with Crippen LogP contribution in [0.25, 0.3) is 11.1 Å². The molecular weight excluding hydrogens is 466 g/mol. The molecule has 0 radical (unpaired) electrons. The molecule has 2 atom stereocenters. The highest BCUT2D eigenvalue weighted by Crippen LogP contribution is 2.44. The Bertz CT molecular complexity index is 1260. The molecule has 1 aromatic heterocycles. The number of carboxylic acid groups (broad SMARTS) is 1. The minimum absolute atomic E-state index is 0.00346. The van der Waals surface area contributed by atoms with Crippen LogP contribution in [-0.2, 0) is 16.1 Å². The number of nitrogens with zero attached hydrogens (tertiary/aromatic N) is 1. The molecule has 35 heavy (non-hydrogen) atoms. The average Bonchev–Trinajstić information content (AvgIpc) is 3.44. The predicted octanol–water partition coefficient (Wildman–Crippen LogP) is 3.94. The van der Waals surface area contributed by atoms with Crippen LogP contribution in [0.4, 0.5) is 4.79 Å². The number of aryl methyl sites for hydroxylation is 1. The fourth-order valence-electron chi connectivity index (χ4n) is 4.68. The van der Waals surface area contributed by atoms with Crippen molar-refractivity contribution >= 4 is 29.3 Å². The third kappa shape index (κ3) is 4.77. The topological polar surface area (TPSA) is 118 Å². The molecule has 3 aromatic rings. The summed E-state index contributed by atoms with van der Waals surface area (Å²) in [6.45, 7) is 2.51. The normalized spacial score (nSPS) is 17.9. The van der Waals surface area contributed by atoms with Crippen molar-refractivity contribution in [3.05, 3.63) is 75.2 Å². The van der Waals surface area contributed by atoms with E-state index < -0.39 is 12.1 Å². The van der Waals surface area contributed by atoms with E-state index in [0.717, 1.165) is 11.1 Å². The Balaban J connectivity index is 1.07. The van der Waals surface area contributed by atoms with E-state index in [1.54, 1.807) is 6.92 Å². The first-order chi connectivity index (χ1) is 16.9. The maximum absolute atomic E-state index is 12.4. The average molecular weight is 492 g/mol. The zero-order valence-corrected chi connectivity index (χ0v) is 19.9. The SMILES string of the molecule is Cc1sc(CNC(=O)C2CC2CNC(=O)OCC2c3ccccc3-c3ccccc32)nc1C(=O)O. The quantitative estimate of drug-likeness (QED) is 0.439. The van der Waals surface area contributed by atoms with Crippen molar-refractivity contribution in [2.45, 2.75) is 25.8 Å². The first-order valence-electron chi connectivity index (χ1n) is 11.5. The molecule has 9 heteroatoms. The van der Waals surface area contributed by atoms with Gasteiger partial charge in [0.05, 0.1) is 6.54 Å². The van der Waals surface area contributed by atoms with Gasteiger partial charge < -0.3 is 20.5 Å². The highest BCUT2D eigenvalue weighted by molar-refractivity contribution is 7.11. The second-order valence-corrected chi connectivity index (χ2v) is 10.1. The molecule has 1 saturated carbocycles. The summed E-state index contributed by atoms with van der Waals surface area (Å²) in [7, 11) is 0. The molecule has 1 heterocycles. The van der Waals surface area contributed by atoms with Crippen LogP contribution in [0.5, 0.6) is 0 Å². The van der Waals surface area contributed by atoms with Gasteiger partial charge in [0.15, 0.2) is 5.69 Å². The van der Waals surface area contributed by atoms with E-state index >= 15 is 0 Å². The minimum Gasteiger partial charge on any atom is -0.476 e. The van der Waals surface area contributed by atoms with Gasteiger partial charge in [0.1, 0.15) is 11.6 Å². The number of amides is 2. The Morgan fingerprint density at radius 3 is 2.34 bits per heavy atom. The number of nitrogens with one attached hydrogen (secondary N) is 2. The molecule has 0 saturated heterocycles. The van der Waals surface area contributed by atoms with Gasteiger partial charge in [0.25, 0.3) is 0 Å². The smallest absolute Gasteiger partial charge is 0.407 e. The van der Waals surface area contributed by atoms with Crippen LogP contribution in [0.2, 0.25) is 0 Å². The molecule has 2 aliphatic rings. The van der Waals surface area contributed by atoms with E-state index in [1.165, 1.54) is 22.5 Å². The molecule has 2 unspecified atom stereocenters. The molecule has 0 aliphatic heterocycles. The zero-order chi connectivity index (χ0) is 24.5. The largest absolute Gasteiger partial charge is 0.476 e. The zero-order valence-electron chi connectivity index (χ0n) is 19.1. The Morgan fingerprint density at radius 2 is 1.71 bits per heavy atom. The van der Waals surface area contributed by atoms with Crippen molar-refractivity contribution in [3.63, 3.8) is 0 Å². The maximum Gasteiger partial charge on any atom is 0.407 e. The molecule has 8 nitrogen and oxygen atoms in total. The van der Waals surface area contributed by atoms with Crippen LogP contribution in [0.15, 0.2) is 48.5 Å². The Morgan fingerprint density at radius 1 is 1.06 bits per heavy atom. The van der Waals surface area contributed by atoms with Gasteiger partial charge >= 0.3 is 12.1 Å². The van der Waals surface area contributed by atoms with Gasteiger partial charge in [0, 0.05) is 23.3 Å². The van der Waals surface area contributed by atoms with Crippen molar-refractivity contribution in [1.82, 2.24) is 15.6 Å². The van der Waals surface area contributed by atoms with E-state index in [-0.39, 0.29) is 42.5 Å². The summed E-state index contributed by atoms with van der Waals surface area (Å²) in [5, 5.41) is 15.2. The highest BCUT2D eigenvalue weighted by Gasteiger charge is 2.43. The van der Waals surface area contributed by atoms with Crippen molar-refractivity contribution in [2.24, 2.45) is 11.8 Å². The molecule has 0 bridgehead atoms. The van der Waals surface area contributed by atoms with Crippen molar-refractivity contribution < 1.29 is 24.2 Å². The van der Waals surface area contributed by atoms with Gasteiger partial charge in [0.2, 0.25) is 5.91 Å². The number of hydrogen-bond acceptors (Lipinski definition) is 6. The fourth-order valence-corrected chi connectivity index (χ4v) is 5.54. The van der Waals surface area contributed by atoms with Gasteiger partial charge in [-0.25, -0.2) is 14.6 Å². The number of carboxylic acids is 1. The van der Waals surface area contributed by atoms with Gasteiger partial charge in [-0.05, 0) is 41.5 Å². The summed E-state index contributed by atoms with van der Waals surface area (Å²) >= 11 is 1.26. The lowest BCUT2D eigenvalue weighted by atomic mass is 9.98. The van der Waals surface area contributed by atoms with Crippen LogP contribution in [0.1, 0.15) is 43.8 Å². The Labute approximate surface area is 206 Å². The van der Waals surface area contributed by atoms with Crippen LogP contribution in [0.3, 0.4) is 0 Å². The third-order valence-corrected chi connectivity index (χ3v) is 7.54. The summed E-state index contributed by atoms with van der Waals surface area (Å²) in [6, 6.07) is 16.3. The van der Waals surface area contributed by atoms with Crippen molar-refractivity contribution in [3.8, 4) is 11.1 Å². The first-order valence-corrected chi connectivity index (χ1v) is 12.3. The number of aromatic carboxylic acids is 1. The van der Waals surface area contributed by atoms with E-state index in [1.807, 2.05) is 24.3 Å². The summed E-state index contributed by atoms with van der Waals surface area (Å²) in [5.41, 5.74) is 4.69. The highest BCUT2D eigenvalue weighted by atomic mass is 32.1. The standard InChI is InChI=1S/C26H25N3O5S/c1-14-23(25(31)32)29-22(35-14)12-27-24(30)20-10-15(20)11-28-26(33)34-13-21-18-8-4-2-6-16(18)17-7-3-5-9-19(17)21/h2-9,15,20-21H,10-13H2,1H3,(H,27,30)(H,28,33)(H,31,32). The summed E-state index contributed by atoms with van der Waals surface area (Å²) in [5.74, 6) is -1.30. The van der Waals surface area contributed by atoms with Crippen molar-refractivity contribution in [2.75, 3.05) is 13.2 Å². The molecule has 5 rings (SSSR count). The second kappa shape index (κ2) is 9.50. The Kier molecular flexibility index (Phi) is 6.25. The summed E-state index contributed by atoms with van der Waals surface area (Å²) < 4.78 is 5.55. The summed E-state index contributed by atoms with van der Waals surface area (Å²) in [4.78, 5) is 40.5. The Hall–Kier alpha value is -3.72. The first kappa shape index (κ1) is 23.0. The molecule has 1 fully saturated rings. The number of rotatable bonds is 8. The number of thiazole rings is 1. The lowest BCUT2D eigenvalue weighted by Crippen LogP contribution is -2.30. The monoisotopic (exact) mass is 491 g/mol. The van der Waals surface area contributed by atoms with Crippen molar-refractivity contribution in [1.29, 1.82) is 0 Å². The molecule has 180 valence electrons. The van der Waals surface area contributed by atoms with E-state index in [4.69, 9.17) is 9.84 Å². The van der Waals surface area contributed by atoms with Gasteiger partial charge in [-0.2, -0.15) is 0 Å². The minimum atomic E-state index is -1.07. The number of aromatic nitrogens is 1. The third-order valence-electron chi connectivity index (χ3n) is 6.57. The van der Waals surface area contributed by atoms with Crippen LogP contribution >= 0.6 is 11.3 Å². The number of benzene rings is 2. The van der Waals surface area contributed by atoms with E-state index in [2.05, 4.69) is 39.9 Å². The number of hydrogen-bond donors (Lipinski definition) is 3. The molecule has 0 spiro atoms. The second-order valence-electron chi connectivity index (χ2n) is 8.84. The lowest BCUT2D eigenvalue weighted by molar-refractivity contribution is -0.122. The van der Waals surface area contributed by atoms with Gasteiger partial charge in [-0.3, -0.25) is 4.79 Å². The lowest BCUT2D eigenvalue weighted by Gasteiger charge is -2.14. The molecule has 2 amide bonds. The fraction of sp³-hybridized carbons (Fsp3) is 0.308. The number of fused-ring (bicyclic) bond motifs is 3. The predicted molar refractivity (Wildman–Crippen MR) is 130 cm³/mol. The molecule has 3 N–H and O–H groups in total. The summed E-state index contributed by atoms with van der Waals surface area (Å²) in [6.07, 6.45) is 0.199. The maximum atomic E-state index is 12.4. The van der Waals surface area contributed by atoms with E-state index in [0.29, 0.717) is 22.9 Å². The molecular formula is C26H25N3O5S. The number of alkyl carbamates (subject to hydrolysis) is 1. The van der Waals surface area contributed by atoms with Crippen LogP contribution in [0, 0.1) is 18.8 Å². The van der Waals surface area contributed by atoms with Crippen LogP contribution in [-0.4, -0.2) is 41.2 Å². The number of carbonyl (C=O) groups excluding carboxylic acids is 2. The molecule has 2 aliphatic carbocycles. The van der Waals surface area contributed by atoms with Gasteiger partial charge in [-0.1, -0.05) is 48.5 Å². The van der Waals surface area contributed by atoms with E-state index in [9.17, 15) is 14.4 Å². The number of carbonyl (C=O) groups is 3. The van der Waals surface area contributed by atoms with Crippen LogP contribution < -0.4 is 10.6 Å². The number of ether oxygens (including phenoxy) is 1. The van der Waals surface area contributed by atoms with Gasteiger partial charge in [-0.15, -0.1) is 11.3 Å².